The average Bonchev–Trinajstić information content (AvgIpc) is 2.74. The van der Waals surface area contributed by atoms with E-state index in [1.54, 1.807) is 0 Å². The number of benzene rings is 1. The van der Waals surface area contributed by atoms with Gasteiger partial charge in [-0.1, -0.05) is 32.9 Å². The highest BCUT2D eigenvalue weighted by Crippen LogP contribution is 2.30. The van der Waals surface area contributed by atoms with E-state index >= 15 is 0 Å². The van der Waals surface area contributed by atoms with Crippen molar-refractivity contribution in [3.8, 4) is 5.75 Å². The summed E-state index contributed by atoms with van der Waals surface area (Å²) < 4.78 is 5.56. The number of rotatable bonds is 4. The predicted octanol–water partition coefficient (Wildman–Crippen LogP) is 2.60. The third-order valence-corrected chi connectivity index (χ3v) is 3.58. The molecule has 0 bridgehead atoms. The Hall–Kier alpha value is -1.06. The SMILES string of the molecule is CN(CC(C)(C)C)C(CN)c1ccc2c(c1)CCO2. The van der Waals surface area contributed by atoms with Gasteiger partial charge in [0.15, 0.2) is 0 Å². The second-order valence-corrected chi connectivity index (χ2v) is 6.69. The molecule has 0 saturated carbocycles. The van der Waals surface area contributed by atoms with Gasteiger partial charge < -0.3 is 10.5 Å². The molecule has 3 nitrogen and oxygen atoms in total. The first-order valence-electron chi connectivity index (χ1n) is 7.06. The van der Waals surface area contributed by atoms with Crippen molar-refractivity contribution in [1.82, 2.24) is 4.90 Å². The van der Waals surface area contributed by atoms with E-state index in [0.717, 1.165) is 25.3 Å². The van der Waals surface area contributed by atoms with Gasteiger partial charge in [0, 0.05) is 25.6 Å². The zero-order valence-corrected chi connectivity index (χ0v) is 12.6. The van der Waals surface area contributed by atoms with Gasteiger partial charge in [0.25, 0.3) is 0 Å². The molecule has 1 aromatic rings. The normalized spacial score (nSPS) is 16.3. The molecule has 106 valence electrons. The maximum Gasteiger partial charge on any atom is 0.122 e. The quantitative estimate of drug-likeness (QED) is 0.906. The zero-order chi connectivity index (χ0) is 14.0. The molecule has 3 heteroatoms. The summed E-state index contributed by atoms with van der Waals surface area (Å²) in [5.74, 6) is 1.04. The third kappa shape index (κ3) is 3.48. The van der Waals surface area contributed by atoms with E-state index < -0.39 is 0 Å². The molecule has 1 unspecified atom stereocenters. The van der Waals surface area contributed by atoms with Gasteiger partial charge in [0.2, 0.25) is 0 Å². The number of likely N-dealkylation sites (N-methyl/N-ethyl adjacent to an activating group) is 1. The van der Waals surface area contributed by atoms with Crippen LogP contribution >= 0.6 is 0 Å². The fourth-order valence-corrected chi connectivity index (χ4v) is 2.84. The Morgan fingerprint density at radius 3 is 2.74 bits per heavy atom. The lowest BCUT2D eigenvalue weighted by Crippen LogP contribution is -2.36. The number of hydrogen-bond donors (Lipinski definition) is 1. The van der Waals surface area contributed by atoms with E-state index in [0.29, 0.717) is 6.54 Å². The van der Waals surface area contributed by atoms with Crippen molar-refractivity contribution in [3.63, 3.8) is 0 Å². The first kappa shape index (κ1) is 14.4. The van der Waals surface area contributed by atoms with Gasteiger partial charge in [-0.15, -0.1) is 0 Å². The van der Waals surface area contributed by atoms with Gasteiger partial charge in [-0.05, 0) is 29.7 Å². The third-order valence-electron chi connectivity index (χ3n) is 3.58. The summed E-state index contributed by atoms with van der Waals surface area (Å²) >= 11 is 0. The minimum absolute atomic E-state index is 0.280. The van der Waals surface area contributed by atoms with Crippen LogP contribution in [-0.4, -0.2) is 31.6 Å². The van der Waals surface area contributed by atoms with Crippen molar-refractivity contribution in [2.24, 2.45) is 11.1 Å². The predicted molar refractivity (Wildman–Crippen MR) is 79.5 cm³/mol. The molecule has 0 radical (unpaired) electrons. The van der Waals surface area contributed by atoms with Gasteiger partial charge >= 0.3 is 0 Å². The van der Waals surface area contributed by atoms with E-state index in [-0.39, 0.29) is 11.5 Å². The fourth-order valence-electron chi connectivity index (χ4n) is 2.84. The van der Waals surface area contributed by atoms with E-state index in [9.17, 15) is 0 Å². The Balaban J connectivity index is 2.17. The molecule has 1 aromatic carbocycles. The molecule has 1 aliphatic heterocycles. The van der Waals surface area contributed by atoms with Crippen LogP contribution in [0.4, 0.5) is 0 Å². The average molecular weight is 262 g/mol. The minimum Gasteiger partial charge on any atom is -0.493 e. The molecule has 1 atom stereocenters. The summed E-state index contributed by atoms with van der Waals surface area (Å²) in [6.45, 7) is 9.26. The van der Waals surface area contributed by atoms with Crippen molar-refractivity contribution >= 4 is 0 Å². The molecular weight excluding hydrogens is 236 g/mol. The summed E-state index contributed by atoms with van der Waals surface area (Å²) in [4.78, 5) is 2.36. The Labute approximate surface area is 116 Å². The zero-order valence-electron chi connectivity index (χ0n) is 12.6. The van der Waals surface area contributed by atoms with Crippen LogP contribution in [0.3, 0.4) is 0 Å². The van der Waals surface area contributed by atoms with Crippen LogP contribution < -0.4 is 10.5 Å². The highest BCUT2D eigenvalue weighted by molar-refractivity contribution is 5.40. The van der Waals surface area contributed by atoms with Crippen LogP contribution in [0.5, 0.6) is 5.75 Å². The molecule has 2 rings (SSSR count). The number of nitrogens with zero attached hydrogens (tertiary/aromatic N) is 1. The Bertz CT molecular complexity index is 437. The highest BCUT2D eigenvalue weighted by Gasteiger charge is 2.22. The largest absolute Gasteiger partial charge is 0.493 e. The summed E-state index contributed by atoms with van der Waals surface area (Å²) in [5.41, 5.74) is 8.90. The molecule has 0 spiro atoms. The first-order valence-corrected chi connectivity index (χ1v) is 7.06. The smallest absolute Gasteiger partial charge is 0.122 e. The maximum absolute atomic E-state index is 6.00. The molecule has 0 aromatic heterocycles. The standard InChI is InChI=1S/C16H26N2O/c1-16(2,3)11-18(4)14(10-17)12-5-6-15-13(9-12)7-8-19-15/h5-6,9,14H,7-8,10-11,17H2,1-4H3. The number of hydrogen-bond acceptors (Lipinski definition) is 3. The van der Waals surface area contributed by atoms with Gasteiger partial charge in [-0.2, -0.15) is 0 Å². The lowest BCUT2D eigenvalue weighted by Gasteiger charge is -2.33. The van der Waals surface area contributed by atoms with Crippen LogP contribution in [0.2, 0.25) is 0 Å². The van der Waals surface area contributed by atoms with E-state index in [1.807, 2.05) is 0 Å². The highest BCUT2D eigenvalue weighted by atomic mass is 16.5. The summed E-state index contributed by atoms with van der Waals surface area (Å²) in [5, 5.41) is 0. The fraction of sp³-hybridized carbons (Fsp3) is 0.625. The minimum atomic E-state index is 0.280. The van der Waals surface area contributed by atoms with Crippen LogP contribution in [0, 0.1) is 5.41 Å². The Kier molecular flexibility index (Phi) is 4.16. The monoisotopic (exact) mass is 262 g/mol. The summed E-state index contributed by atoms with van der Waals surface area (Å²) in [6.07, 6.45) is 1.02. The number of ether oxygens (including phenoxy) is 1. The topological polar surface area (TPSA) is 38.5 Å². The lowest BCUT2D eigenvalue weighted by atomic mass is 9.94. The van der Waals surface area contributed by atoms with Crippen LogP contribution in [0.1, 0.15) is 37.9 Å². The van der Waals surface area contributed by atoms with E-state index in [2.05, 4.69) is 50.9 Å². The molecule has 0 fully saturated rings. The lowest BCUT2D eigenvalue weighted by molar-refractivity contribution is 0.175. The van der Waals surface area contributed by atoms with Crippen LogP contribution in [0.25, 0.3) is 0 Å². The van der Waals surface area contributed by atoms with Crippen LogP contribution in [0.15, 0.2) is 18.2 Å². The molecule has 0 amide bonds. The van der Waals surface area contributed by atoms with Gasteiger partial charge in [0.05, 0.1) is 6.61 Å². The number of nitrogens with two attached hydrogens (primary N) is 1. The summed E-state index contributed by atoms with van der Waals surface area (Å²) in [6, 6.07) is 6.79. The van der Waals surface area contributed by atoms with Gasteiger partial charge in [-0.3, -0.25) is 4.90 Å². The molecule has 0 aliphatic carbocycles. The van der Waals surface area contributed by atoms with Gasteiger partial charge in [0.1, 0.15) is 5.75 Å². The van der Waals surface area contributed by atoms with Crippen LogP contribution in [-0.2, 0) is 6.42 Å². The maximum atomic E-state index is 6.00. The van der Waals surface area contributed by atoms with Crippen molar-refractivity contribution in [2.45, 2.75) is 33.2 Å². The number of fused-ring (bicyclic) bond motifs is 1. The van der Waals surface area contributed by atoms with Gasteiger partial charge in [-0.25, -0.2) is 0 Å². The van der Waals surface area contributed by atoms with Crippen molar-refractivity contribution in [3.05, 3.63) is 29.3 Å². The molecule has 2 N–H and O–H groups in total. The molecule has 1 aliphatic rings. The Morgan fingerprint density at radius 2 is 2.11 bits per heavy atom. The van der Waals surface area contributed by atoms with Crippen molar-refractivity contribution in [2.75, 3.05) is 26.7 Å². The summed E-state index contributed by atoms with van der Waals surface area (Å²) in [7, 11) is 2.16. The van der Waals surface area contributed by atoms with Crippen molar-refractivity contribution < 1.29 is 4.74 Å². The molecule has 19 heavy (non-hydrogen) atoms. The second-order valence-electron chi connectivity index (χ2n) is 6.69. The molecule has 0 saturated heterocycles. The first-order chi connectivity index (χ1) is 8.90. The molecular formula is C16H26N2O. The van der Waals surface area contributed by atoms with Crippen molar-refractivity contribution in [1.29, 1.82) is 0 Å². The van der Waals surface area contributed by atoms with E-state index in [4.69, 9.17) is 10.5 Å². The molecule has 1 heterocycles. The Morgan fingerprint density at radius 1 is 1.37 bits per heavy atom. The second kappa shape index (κ2) is 5.51. The van der Waals surface area contributed by atoms with E-state index in [1.165, 1.54) is 11.1 Å².